The first kappa shape index (κ1) is 27.7. The number of hydrogen-bond acceptors (Lipinski definition) is 8. The van der Waals surface area contributed by atoms with Gasteiger partial charge >= 0.3 is 6.09 Å². The van der Waals surface area contributed by atoms with Crippen LogP contribution in [0.5, 0.6) is 0 Å². The van der Waals surface area contributed by atoms with E-state index >= 15 is 0 Å². The van der Waals surface area contributed by atoms with E-state index in [1.165, 1.54) is 54.7 Å². The number of hydrogen-bond donors (Lipinski definition) is 1. The van der Waals surface area contributed by atoms with Crippen LogP contribution < -0.4 is 5.32 Å². The van der Waals surface area contributed by atoms with Gasteiger partial charge in [0.15, 0.2) is 9.84 Å². The molecule has 10 nitrogen and oxygen atoms in total. The highest BCUT2D eigenvalue weighted by molar-refractivity contribution is 7.92. The van der Waals surface area contributed by atoms with Crippen molar-refractivity contribution in [2.24, 2.45) is 0 Å². The molecule has 1 aliphatic heterocycles. The molecule has 13 heteroatoms. The van der Waals surface area contributed by atoms with Gasteiger partial charge in [-0.2, -0.15) is 0 Å². The van der Waals surface area contributed by atoms with Gasteiger partial charge in [0.2, 0.25) is 0 Å². The number of pyridine rings is 1. The molecule has 4 rings (SSSR count). The van der Waals surface area contributed by atoms with Crippen molar-refractivity contribution in [2.45, 2.75) is 43.2 Å². The van der Waals surface area contributed by atoms with Crippen LogP contribution in [0.25, 0.3) is 11.3 Å². The number of amides is 1. The maximum Gasteiger partial charge on any atom is 0.410 e. The highest BCUT2D eigenvalue weighted by atomic mass is 32.2. The number of rotatable bonds is 6. The van der Waals surface area contributed by atoms with Gasteiger partial charge in [0, 0.05) is 43.3 Å². The number of ether oxygens (including phenoxy) is 1. The summed E-state index contributed by atoms with van der Waals surface area (Å²) in [5.74, 6) is -0.708. The SMILES string of the molecule is CN(Cc1cc(-c2ccccc2F)n(S(=O)(=O)c2cncc(C3NCCS3(=O)=O)c2)c1)C(=O)OC(C)(C)C. The lowest BCUT2D eigenvalue weighted by molar-refractivity contribution is 0.0285. The van der Waals surface area contributed by atoms with Crippen LogP contribution in [0.15, 0.2) is 59.9 Å². The van der Waals surface area contributed by atoms with Crippen LogP contribution in [0.4, 0.5) is 9.18 Å². The zero-order valence-corrected chi connectivity index (χ0v) is 23.0. The first-order chi connectivity index (χ1) is 17.7. The topological polar surface area (TPSA) is 128 Å². The second-order valence-corrected chi connectivity index (χ2v) is 14.0. The molecule has 1 amide bonds. The van der Waals surface area contributed by atoms with E-state index in [9.17, 15) is 26.0 Å². The van der Waals surface area contributed by atoms with Crippen LogP contribution >= 0.6 is 0 Å². The van der Waals surface area contributed by atoms with E-state index in [0.29, 0.717) is 5.56 Å². The van der Waals surface area contributed by atoms with Gasteiger partial charge < -0.3 is 9.64 Å². The second kappa shape index (κ2) is 10.1. The minimum Gasteiger partial charge on any atom is -0.444 e. The number of nitrogens with zero attached hydrogens (tertiary/aromatic N) is 3. The van der Waals surface area contributed by atoms with Gasteiger partial charge in [0.1, 0.15) is 21.7 Å². The summed E-state index contributed by atoms with van der Waals surface area (Å²) < 4.78 is 73.5. The molecule has 38 heavy (non-hydrogen) atoms. The molecular weight excluding hydrogens is 535 g/mol. The average Bonchev–Trinajstić information content (AvgIpc) is 3.41. The Morgan fingerprint density at radius 3 is 2.58 bits per heavy atom. The van der Waals surface area contributed by atoms with Crippen LogP contribution in [0.3, 0.4) is 0 Å². The van der Waals surface area contributed by atoms with E-state index in [1.807, 2.05) is 0 Å². The van der Waals surface area contributed by atoms with Crippen molar-refractivity contribution >= 4 is 26.0 Å². The normalized spacial score (nSPS) is 17.3. The maximum absolute atomic E-state index is 14.8. The Bertz CT molecular complexity index is 1580. The molecule has 1 atom stereocenters. The van der Waals surface area contributed by atoms with Crippen molar-refractivity contribution < 1.29 is 30.8 Å². The van der Waals surface area contributed by atoms with Crippen molar-refractivity contribution in [1.82, 2.24) is 19.2 Å². The Hall–Kier alpha value is -3.29. The molecule has 1 unspecified atom stereocenters. The van der Waals surface area contributed by atoms with E-state index < -0.39 is 42.7 Å². The molecule has 1 aliphatic rings. The monoisotopic (exact) mass is 564 g/mol. The molecule has 1 fully saturated rings. The summed E-state index contributed by atoms with van der Waals surface area (Å²) in [5.41, 5.74) is -0.0602. The molecule has 0 saturated carbocycles. The summed E-state index contributed by atoms with van der Waals surface area (Å²) in [6.07, 6.45) is 3.10. The van der Waals surface area contributed by atoms with Gasteiger partial charge in [-0.25, -0.2) is 30.0 Å². The van der Waals surface area contributed by atoms with E-state index in [2.05, 4.69) is 10.3 Å². The zero-order chi connectivity index (χ0) is 27.9. The Kier molecular flexibility index (Phi) is 7.38. The first-order valence-corrected chi connectivity index (χ1v) is 14.9. The van der Waals surface area contributed by atoms with Gasteiger partial charge in [-0.05, 0) is 50.6 Å². The third-order valence-corrected chi connectivity index (χ3v) is 9.36. The number of aromatic nitrogens is 2. The van der Waals surface area contributed by atoms with Crippen molar-refractivity contribution in [1.29, 1.82) is 0 Å². The largest absolute Gasteiger partial charge is 0.444 e. The maximum atomic E-state index is 14.8. The molecule has 0 radical (unpaired) electrons. The number of sulfone groups is 1. The highest BCUT2D eigenvalue weighted by Gasteiger charge is 2.34. The van der Waals surface area contributed by atoms with Gasteiger partial charge in [-0.3, -0.25) is 10.3 Å². The lowest BCUT2D eigenvalue weighted by Crippen LogP contribution is -2.33. The lowest BCUT2D eigenvalue weighted by atomic mass is 10.1. The van der Waals surface area contributed by atoms with E-state index in [-0.39, 0.29) is 40.6 Å². The fourth-order valence-electron chi connectivity index (χ4n) is 4.06. The Morgan fingerprint density at radius 1 is 1.24 bits per heavy atom. The van der Waals surface area contributed by atoms with Gasteiger partial charge in [0.05, 0.1) is 18.0 Å². The summed E-state index contributed by atoms with van der Waals surface area (Å²) >= 11 is 0. The molecule has 0 spiro atoms. The fraction of sp³-hybridized carbons (Fsp3) is 0.360. The molecule has 0 aliphatic carbocycles. The number of benzene rings is 1. The Morgan fingerprint density at radius 2 is 1.95 bits per heavy atom. The average molecular weight is 565 g/mol. The van der Waals surface area contributed by atoms with Crippen molar-refractivity contribution in [3.8, 4) is 11.3 Å². The molecule has 204 valence electrons. The molecule has 1 N–H and O–H groups in total. The van der Waals surface area contributed by atoms with Gasteiger partial charge in [0.25, 0.3) is 10.0 Å². The quantitative estimate of drug-likeness (QED) is 0.483. The summed E-state index contributed by atoms with van der Waals surface area (Å²) in [6.45, 7) is 5.42. The number of carbonyl (C=O) groups is 1. The molecule has 1 saturated heterocycles. The molecule has 3 heterocycles. The van der Waals surface area contributed by atoms with E-state index in [4.69, 9.17) is 4.74 Å². The predicted molar refractivity (Wildman–Crippen MR) is 139 cm³/mol. The summed E-state index contributed by atoms with van der Waals surface area (Å²) in [4.78, 5) is 17.5. The zero-order valence-electron chi connectivity index (χ0n) is 21.4. The van der Waals surface area contributed by atoms with Crippen LogP contribution in [-0.4, -0.2) is 61.7 Å². The molecule has 0 bridgehead atoms. The smallest absolute Gasteiger partial charge is 0.410 e. The molecule has 2 aromatic heterocycles. The molecule has 1 aromatic carbocycles. The van der Waals surface area contributed by atoms with Crippen LogP contribution in [0.2, 0.25) is 0 Å². The van der Waals surface area contributed by atoms with Crippen LogP contribution in [0.1, 0.15) is 37.3 Å². The summed E-state index contributed by atoms with van der Waals surface area (Å²) in [6, 6.07) is 8.46. The van der Waals surface area contributed by atoms with Crippen molar-refractivity contribution in [2.75, 3.05) is 19.3 Å². The minimum atomic E-state index is -4.36. The minimum absolute atomic E-state index is 0.0125. The number of carbonyl (C=O) groups excluding carboxylic acids is 1. The third kappa shape index (κ3) is 5.74. The second-order valence-electron chi connectivity index (χ2n) is 10.0. The summed E-state index contributed by atoms with van der Waals surface area (Å²) in [7, 11) is -6.36. The molecule has 3 aromatic rings. The van der Waals surface area contributed by atoms with Crippen molar-refractivity contribution in [3.63, 3.8) is 0 Å². The first-order valence-electron chi connectivity index (χ1n) is 11.7. The third-order valence-electron chi connectivity index (χ3n) is 5.79. The number of halogens is 1. The summed E-state index contributed by atoms with van der Waals surface area (Å²) in [5, 5.41) is 1.78. The van der Waals surface area contributed by atoms with Crippen molar-refractivity contribution in [3.05, 3.63) is 71.9 Å². The van der Waals surface area contributed by atoms with Crippen LogP contribution in [-0.2, 0) is 31.1 Å². The van der Waals surface area contributed by atoms with E-state index in [1.54, 1.807) is 26.8 Å². The Labute approximate surface area is 221 Å². The number of nitrogens with one attached hydrogen (secondary N) is 1. The standard InChI is InChI=1S/C25H29FN4O6S2/c1-25(2,3)36-24(31)29(4)15-17-11-22(20-7-5-6-8-21(20)26)30(16-17)38(34,35)19-12-18(13-27-14-19)23-28-9-10-37(23,32)33/h5-8,11-14,16,23,28H,9-10,15H2,1-4H3. The van der Waals surface area contributed by atoms with Gasteiger partial charge in [-0.15, -0.1) is 0 Å². The Balaban J connectivity index is 1.77. The van der Waals surface area contributed by atoms with E-state index in [0.717, 1.165) is 10.2 Å². The molecular formula is C25H29FN4O6S2. The lowest BCUT2D eigenvalue weighted by Gasteiger charge is -2.24. The highest BCUT2D eigenvalue weighted by Crippen LogP contribution is 2.31. The predicted octanol–water partition coefficient (Wildman–Crippen LogP) is 3.31. The fourth-order valence-corrected chi connectivity index (χ4v) is 7.01. The van der Waals surface area contributed by atoms with Gasteiger partial charge in [-0.1, -0.05) is 12.1 Å². The van der Waals surface area contributed by atoms with Crippen LogP contribution in [0, 0.1) is 5.82 Å².